The number of benzene rings is 2. The molecule has 0 saturated heterocycles. The minimum absolute atomic E-state index is 0.315. The molecule has 2 aromatic carbocycles. The maximum atomic E-state index is 6.09. The van der Waals surface area contributed by atoms with E-state index in [-0.39, 0.29) is 0 Å². The number of ether oxygens (including phenoxy) is 1. The molecule has 1 aliphatic heterocycles. The quantitative estimate of drug-likeness (QED) is 0.368. The molecule has 4 rings (SSSR count). The van der Waals surface area contributed by atoms with Crippen LogP contribution in [0.15, 0.2) is 54.6 Å². The number of anilines is 1. The molecule has 3 atom stereocenters. The Morgan fingerprint density at radius 2 is 1.86 bits per heavy atom. The lowest BCUT2D eigenvalue weighted by Gasteiger charge is -2.37. The predicted molar refractivity (Wildman–Crippen MR) is 118 cm³/mol. The lowest BCUT2D eigenvalue weighted by atomic mass is 9.77. The lowest BCUT2D eigenvalue weighted by molar-refractivity contribution is 0.303. The highest BCUT2D eigenvalue weighted by molar-refractivity contribution is 6.30. The zero-order chi connectivity index (χ0) is 19.3. The molecule has 1 N–H and O–H groups in total. The van der Waals surface area contributed by atoms with Crippen LogP contribution >= 0.6 is 11.6 Å². The van der Waals surface area contributed by atoms with Gasteiger partial charge in [-0.1, -0.05) is 68.5 Å². The summed E-state index contributed by atoms with van der Waals surface area (Å²) in [6.45, 7) is 3.06. The summed E-state index contributed by atoms with van der Waals surface area (Å²) < 4.78 is 6.06. The van der Waals surface area contributed by atoms with Crippen LogP contribution in [0.1, 0.15) is 68.5 Å². The van der Waals surface area contributed by atoms with Crippen LogP contribution in [0, 0.1) is 5.92 Å². The third-order valence-corrected chi connectivity index (χ3v) is 6.33. The van der Waals surface area contributed by atoms with E-state index >= 15 is 0 Å². The fraction of sp³-hybridized carbons (Fsp3) is 0.440. The molecule has 2 nitrogen and oxygen atoms in total. The smallest absolute Gasteiger partial charge is 0.119 e. The van der Waals surface area contributed by atoms with Crippen molar-refractivity contribution < 1.29 is 4.74 Å². The van der Waals surface area contributed by atoms with Gasteiger partial charge in [0.2, 0.25) is 0 Å². The Bertz CT molecular complexity index is 814. The summed E-state index contributed by atoms with van der Waals surface area (Å²) in [5.41, 5.74) is 3.90. The second kappa shape index (κ2) is 9.05. The predicted octanol–water partition coefficient (Wildman–Crippen LogP) is 7.52. The highest BCUT2D eigenvalue weighted by atomic mass is 35.5. The molecule has 0 bridgehead atoms. The van der Waals surface area contributed by atoms with Gasteiger partial charge in [-0.25, -0.2) is 0 Å². The first kappa shape index (κ1) is 19.4. The molecule has 0 amide bonds. The standard InChI is InChI=1S/C25H30ClNO/c1-2-3-4-5-6-16-28-20-14-15-24-23(17-20)21-8-7-9-22(21)25(27-24)18-10-12-19(26)13-11-18/h7-8,10-15,17,21-22,25,27H,2-6,9,16H2,1H3. The molecule has 3 heteroatoms. The average Bonchev–Trinajstić information content (AvgIpc) is 3.21. The first-order valence-corrected chi connectivity index (χ1v) is 11.1. The van der Waals surface area contributed by atoms with E-state index in [1.54, 1.807) is 0 Å². The highest BCUT2D eigenvalue weighted by Crippen LogP contribution is 2.50. The Morgan fingerprint density at radius 1 is 1.04 bits per heavy atom. The molecule has 3 unspecified atom stereocenters. The molecule has 0 spiro atoms. The van der Waals surface area contributed by atoms with Crippen LogP contribution in [-0.4, -0.2) is 6.61 Å². The highest BCUT2D eigenvalue weighted by Gasteiger charge is 2.37. The molecular formula is C25H30ClNO. The Labute approximate surface area is 173 Å². The molecule has 0 radical (unpaired) electrons. The molecule has 1 heterocycles. The van der Waals surface area contributed by atoms with Gasteiger partial charge >= 0.3 is 0 Å². The van der Waals surface area contributed by atoms with E-state index in [2.05, 4.69) is 54.7 Å². The SMILES string of the molecule is CCCCCCCOc1ccc2c(c1)C1C=CCC1C(c1ccc(Cl)cc1)N2. The van der Waals surface area contributed by atoms with Crippen molar-refractivity contribution in [1.82, 2.24) is 0 Å². The van der Waals surface area contributed by atoms with Gasteiger partial charge in [0.25, 0.3) is 0 Å². The van der Waals surface area contributed by atoms with Gasteiger partial charge in [-0.2, -0.15) is 0 Å². The molecule has 2 aromatic rings. The van der Waals surface area contributed by atoms with E-state index in [0.29, 0.717) is 17.9 Å². The van der Waals surface area contributed by atoms with Crippen molar-refractivity contribution in [1.29, 1.82) is 0 Å². The van der Waals surface area contributed by atoms with Gasteiger partial charge in [0.1, 0.15) is 5.75 Å². The van der Waals surface area contributed by atoms with E-state index in [4.69, 9.17) is 16.3 Å². The normalized spacial score (nSPS) is 22.4. The summed E-state index contributed by atoms with van der Waals surface area (Å²) in [6, 6.07) is 15.1. The van der Waals surface area contributed by atoms with Gasteiger partial charge in [0.05, 0.1) is 12.6 Å². The zero-order valence-corrected chi connectivity index (χ0v) is 17.4. The first-order chi connectivity index (χ1) is 13.8. The second-order valence-corrected chi connectivity index (χ2v) is 8.48. The molecule has 148 valence electrons. The summed E-state index contributed by atoms with van der Waals surface area (Å²) in [5.74, 6) is 1.99. The maximum Gasteiger partial charge on any atom is 0.119 e. The Kier molecular flexibility index (Phi) is 6.26. The zero-order valence-electron chi connectivity index (χ0n) is 16.7. The van der Waals surface area contributed by atoms with Crippen LogP contribution < -0.4 is 10.1 Å². The van der Waals surface area contributed by atoms with Crippen LogP contribution in [0.2, 0.25) is 5.02 Å². The third kappa shape index (κ3) is 4.22. The van der Waals surface area contributed by atoms with Crippen molar-refractivity contribution in [2.45, 2.75) is 57.4 Å². The van der Waals surface area contributed by atoms with Gasteiger partial charge in [-0.15, -0.1) is 0 Å². The van der Waals surface area contributed by atoms with Crippen LogP contribution in [-0.2, 0) is 0 Å². The second-order valence-electron chi connectivity index (χ2n) is 8.04. The van der Waals surface area contributed by atoms with Crippen molar-refractivity contribution in [3.8, 4) is 5.75 Å². The van der Waals surface area contributed by atoms with Gasteiger partial charge in [0, 0.05) is 16.6 Å². The summed E-state index contributed by atoms with van der Waals surface area (Å²) in [4.78, 5) is 0. The van der Waals surface area contributed by atoms with Crippen molar-refractivity contribution >= 4 is 17.3 Å². The van der Waals surface area contributed by atoms with E-state index in [9.17, 15) is 0 Å². The number of hydrogen-bond donors (Lipinski definition) is 1. The van der Waals surface area contributed by atoms with Gasteiger partial charge in [-0.05, 0) is 60.2 Å². The fourth-order valence-corrected chi connectivity index (χ4v) is 4.68. The van der Waals surface area contributed by atoms with Gasteiger partial charge < -0.3 is 10.1 Å². The monoisotopic (exact) mass is 395 g/mol. The summed E-state index contributed by atoms with van der Waals surface area (Å²) in [7, 11) is 0. The van der Waals surface area contributed by atoms with Crippen LogP contribution in [0.5, 0.6) is 5.75 Å². The van der Waals surface area contributed by atoms with Crippen molar-refractivity contribution in [2.24, 2.45) is 5.92 Å². The summed E-state index contributed by atoms with van der Waals surface area (Å²) in [5, 5.41) is 4.57. The molecule has 0 saturated carbocycles. The minimum atomic E-state index is 0.315. The number of nitrogens with one attached hydrogen (secondary N) is 1. The number of hydrogen-bond acceptors (Lipinski definition) is 2. The lowest BCUT2D eigenvalue weighted by Crippen LogP contribution is -2.29. The summed E-state index contributed by atoms with van der Waals surface area (Å²) in [6.07, 6.45) is 12.1. The van der Waals surface area contributed by atoms with Crippen LogP contribution in [0.4, 0.5) is 5.69 Å². The number of halogens is 1. The molecular weight excluding hydrogens is 366 g/mol. The van der Waals surface area contributed by atoms with Crippen LogP contribution in [0.3, 0.4) is 0 Å². The minimum Gasteiger partial charge on any atom is -0.494 e. The first-order valence-electron chi connectivity index (χ1n) is 10.7. The molecule has 28 heavy (non-hydrogen) atoms. The molecule has 2 aliphatic rings. The third-order valence-electron chi connectivity index (χ3n) is 6.08. The van der Waals surface area contributed by atoms with E-state index in [0.717, 1.165) is 30.2 Å². The van der Waals surface area contributed by atoms with Crippen molar-refractivity contribution in [3.05, 3.63) is 70.8 Å². The molecule has 1 aliphatic carbocycles. The number of unbranched alkanes of at least 4 members (excludes halogenated alkanes) is 4. The van der Waals surface area contributed by atoms with Crippen LogP contribution in [0.25, 0.3) is 0 Å². The van der Waals surface area contributed by atoms with Crippen molar-refractivity contribution in [3.63, 3.8) is 0 Å². The number of allylic oxidation sites excluding steroid dienone is 2. The van der Waals surface area contributed by atoms with Gasteiger partial charge in [-0.3, -0.25) is 0 Å². The molecule has 0 fully saturated rings. The average molecular weight is 396 g/mol. The maximum absolute atomic E-state index is 6.09. The van der Waals surface area contributed by atoms with E-state index in [1.807, 2.05) is 12.1 Å². The van der Waals surface area contributed by atoms with Gasteiger partial charge in [0.15, 0.2) is 0 Å². The number of rotatable bonds is 8. The fourth-order valence-electron chi connectivity index (χ4n) is 4.56. The van der Waals surface area contributed by atoms with E-state index in [1.165, 1.54) is 42.5 Å². The Morgan fingerprint density at radius 3 is 2.68 bits per heavy atom. The Hall–Kier alpha value is -1.93. The summed E-state index contributed by atoms with van der Waals surface area (Å²) >= 11 is 6.09. The Balaban J connectivity index is 1.46. The molecule has 0 aromatic heterocycles. The van der Waals surface area contributed by atoms with E-state index < -0.39 is 0 Å². The topological polar surface area (TPSA) is 21.3 Å². The largest absolute Gasteiger partial charge is 0.494 e. The van der Waals surface area contributed by atoms with Crippen molar-refractivity contribution in [2.75, 3.05) is 11.9 Å². The number of fused-ring (bicyclic) bond motifs is 3.